The molecular weight excluding hydrogens is 142 g/mol. The first-order chi connectivity index (χ1) is 5.43. The van der Waals surface area contributed by atoms with Gasteiger partial charge in [0.15, 0.2) is 0 Å². The Morgan fingerprint density at radius 1 is 1.73 bits per heavy atom. The number of azide groups is 1. The highest BCUT2D eigenvalue weighted by molar-refractivity contribution is 5.00. The van der Waals surface area contributed by atoms with E-state index in [9.17, 15) is 0 Å². The highest BCUT2D eigenvalue weighted by Crippen LogP contribution is 2.14. The molecule has 0 fully saturated rings. The number of rotatable bonds is 3. The van der Waals surface area contributed by atoms with Gasteiger partial charge in [-0.3, -0.25) is 0 Å². The molecule has 11 heavy (non-hydrogen) atoms. The normalized spacial score (nSPS) is 16.2. The van der Waals surface area contributed by atoms with E-state index in [1.54, 1.807) is 6.26 Å². The lowest BCUT2D eigenvalue weighted by Gasteiger charge is -2.11. The molecule has 1 aliphatic heterocycles. The lowest BCUT2D eigenvalue weighted by molar-refractivity contribution is 0.223. The van der Waals surface area contributed by atoms with Crippen molar-refractivity contribution in [1.82, 2.24) is 0 Å². The van der Waals surface area contributed by atoms with Gasteiger partial charge in [-0.1, -0.05) is 5.11 Å². The van der Waals surface area contributed by atoms with Crippen LogP contribution >= 0.6 is 0 Å². The van der Waals surface area contributed by atoms with Crippen molar-refractivity contribution in [1.29, 1.82) is 0 Å². The van der Waals surface area contributed by atoms with Gasteiger partial charge in [-0.25, -0.2) is 0 Å². The molecule has 1 rings (SSSR count). The average Bonchev–Trinajstić information content (AvgIpc) is 2.07. The van der Waals surface area contributed by atoms with E-state index < -0.39 is 0 Å². The summed E-state index contributed by atoms with van der Waals surface area (Å²) in [5, 5.41) is 3.45. The van der Waals surface area contributed by atoms with Gasteiger partial charge in [0.1, 0.15) is 0 Å². The van der Waals surface area contributed by atoms with E-state index >= 15 is 0 Å². The minimum Gasteiger partial charge on any atom is -0.501 e. The van der Waals surface area contributed by atoms with Crippen molar-refractivity contribution in [2.75, 3.05) is 13.2 Å². The summed E-state index contributed by atoms with van der Waals surface area (Å²) in [4.78, 5) is 2.68. The molecule has 0 aliphatic carbocycles. The topological polar surface area (TPSA) is 58.0 Å². The zero-order valence-electron chi connectivity index (χ0n) is 6.36. The molecule has 0 aromatic rings. The third-order valence-electron chi connectivity index (χ3n) is 1.61. The lowest BCUT2D eigenvalue weighted by Crippen LogP contribution is -1.99. The molecule has 0 N–H and O–H groups in total. The fourth-order valence-electron chi connectivity index (χ4n) is 1.04. The van der Waals surface area contributed by atoms with E-state index in [-0.39, 0.29) is 0 Å². The molecule has 0 aromatic carbocycles. The molecule has 0 bridgehead atoms. The largest absolute Gasteiger partial charge is 0.501 e. The Morgan fingerprint density at radius 2 is 2.64 bits per heavy atom. The van der Waals surface area contributed by atoms with Crippen molar-refractivity contribution in [2.45, 2.75) is 19.3 Å². The lowest BCUT2D eigenvalue weighted by atomic mass is 10.1. The van der Waals surface area contributed by atoms with E-state index in [1.807, 2.05) is 0 Å². The van der Waals surface area contributed by atoms with Gasteiger partial charge in [-0.05, 0) is 30.4 Å². The number of hydrogen-bond acceptors (Lipinski definition) is 2. The SMILES string of the molecule is [N-]=[N+]=NCCC1=COCCC1. The van der Waals surface area contributed by atoms with Gasteiger partial charge in [0, 0.05) is 11.5 Å². The van der Waals surface area contributed by atoms with Gasteiger partial charge in [-0.2, -0.15) is 0 Å². The molecule has 0 atom stereocenters. The van der Waals surface area contributed by atoms with E-state index in [2.05, 4.69) is 10.0 Å². The zero-order chi connectivity index (χ0) is 7.94. The maximum atomic E-state index is 8.00. The van der Waals surface area contributed by atoms with Crippen LogP contribution in [0.25, 0.3) is 10.4 Å². The highest BCUT2D eigenvalue weighted by Gasteiger charge is 2.02. The Morgan fingerprint density at radius 3 is 3.27 bits per heavy atom. The molecular formula is C7H11N3O. The predicted octanol–water partition coefficient (Wildman–Crippen LogP) is 2.38. The van der Waals surface area contributed by atoms with Crippen molar-refractivity contribution < 1.29 is 4.74 Å². The van der Waals surface area contributed by atoms with Gasteiger partial charge < -0.3 is 4.74 Å². The Kier molecular flexibility index (Phi) is 3.35. The van der Waals surface area contributed by atoms with Crippen LogP contribution in [-0.4, -0.2) is 13.2 Å². The van der Waals surface area contributed by atoms with Gasteiger partial charge in [0.25, 0.3) is 0 Å². The van der Waals surface area contributed by atoms with Crippen molar-refractivity contribution in [3.8, 4) is 0 Å². The molecule has 0 spiro atoms. The number of nitrogens with zero attached hydrogens (tertiary/aromatic N) is 3. The quantitative estimate of drug-likeness (QED) is 0.349. The van der Waals surface area contributed by atoms with E-state index in [0.717, 1.165) is 25.9 Å². The first-order valence-corrected chi connectivity index (χ1v) is 3.74. The van der Waals surface area contributed by atoms with Crippen molar-refractivity contribution in [2.24, 2.45) is 5.11 Å². The van der Waals surface area contributed by atoms with Crippen molar-refractivity contribution in [3.05, 3.63) is 22.3 Å². The zero-order valence-corrected chi connectivity index (χ0v) is 6.36. The van der Waals surface area contributed by atoms with Gasteiger partial charge in [-0.15, -0.1) is 0 Å². The summed E-state index contributed by atoms with van der Waals surface area (Å²) in [5.41, 5.74) is 9.26. The van der Waals surface area contributed by atoms with Crippen LogP contribution in [0.4, 0.5) is 0 Å². The van der Waals surface area contributed by atoms with Crippen molar-refractivity contribution >= 4 is 0 Å². The summed E-state index contributed by atoms with van der Waals surface area (Å²) in [6, 6.07) is 0. The third-order valence-corrected chi connectivity index (χ3v) is 1.61. The van der Waals surface area contributed by atoms with E-state index in [1.165, 1.54) is 5.57 Å². The highest BCUT2D eigenvalue weighted by atomic mass is 16.5. The van der Waals surface area contributed by atoms with Crippen LogP contribution in [0.2, 0.25) is 0 Å². The van der Waals surface area contributed by atoms with Gasteiger partial charge in [0.2, 0.25) is 0 Å². The summed E-state index contributed by atoms with van der Waals surface area (Å²) in [6.07, 6.45) is 4.80. The molecule has 0 aromatic heterocycles. The predicted molar refractivity (Wildman–Crippen MR) is 41.9 cm³/mol. The summed E-state index contributed by atoms with van der Waals surface area (Å²) >= 11 is 0. The fraction of sp³-hybridized carbons (Fsp3) is 0.714. The van der Waals surface area contributed by atoms with Gasteiger partial charge in [0.05, 0.1) is 12.9 Å². The summed E-state index contributed by atoms with van der Waals surface area (Å²) in [6.45, 7) is 1.37. The van der Waals surface area contributed by atoms with Crippen LogP contribution in [0.15, 0.2) is 16.9 Å². The minimum absolute atomic E-state index is 0.547. The number of hydrogen-bond donors (Lipinski definition) is 0. The van der Waals surface area contributed by atoms with Gasteiger partial charge >= 0.3 is 0 Å². The average molecular weight is 153 g/mol. The Hall–Kier alpha value is -1.15. The molecule has 1 aliphatic rings. The fourth-order valence-corrected chi connectivity index (χ4v) is 1.04. The summed E-state index contributed by atoms with van der Waals surface area (Å²) in [7, 11) is 0. The molecule has 0 saturated heterocycles. The maximum Gasteiger partial charge on any atom is 0.0876 e. The molecule has 4 heteroatoms. The van der Waals surface area contributed by atoms with Crippen LogP contribution in [0.5, 0.6) is 0 Å². The standard InChI is InChI=1S/C7H11N3O/c8-10-9-4-3-7-2-1-5-11-6-7/h6H,1-5H2. The maximum absolute atomic E-state index is 8.00. The van der Waals surface area contributed by atoms with Crippen LogP contribution < -0.4 is 0 Å². The Balaban J connectivity index is 2.24. The first-order valence-electron chi connectivity index (χ1n) is 3.74. The monoisotopic (exact) mass is 153 g/mol. The van der Waals surface area contributed by atoms with Crippen LogP contribution in [0.1, 0.15) is 19.3 Å². The second-order valence-corrected chi connectivity index (χ2v) is 2.45. The molecule has 60 valence electrons. The third kappa shape index (κ3) is 2.96. The molecule has 1 heterocycles. The second kappa shape index (κ2) is 4.63. The Labute approximate surface area is 65.5 Å². The molecule has 0 saturated carbocycles. The summed E-state index contributed by atoms with van der Waals surface area (Å²) in [5.74, 6) is 0. The Bertz CT molecular complexity index is 194. The summed E-state index contributed by atoms with van der Waals surface area (Å²) < 4.78 is 5.12. The first kappa shape index (κ1) is 7.95. The van der Waals surface area contributed by atoms with E-state index in [4.69, 9.17) is 10.3 Å². The number of ether oxygens (including phenoxy) is 1. The molecule has 0 amide bonds. The van der Waals surface area contributed by atoms with Crippen LogP contribution in [0, 0.1) is 0 Å². The minimum atomic E-state index is 0.547. The molecule has 4 nitrogen and oxygen atoms in total. The van der Waals surface area contributed by atoms with Crippen molar-refractivity contribution in [3.63, 3.8) is 0 Å². The van der Waals surface area contributed by atoms with Crippen LogP contribution in [-0.2, 0) is 4.74 Å². The molecule has 0 radical (unpaired) electrons. The molecule has 0 unspecified atom stereocenters. The smallest absolute Gasteiger partial charge is 0.0876 e. The second-order valence-electron chi connectivity index (χ2n) is 2.45. The van der Waals surface area contributed by atoms with Crippen LogP contribution in [0.3, 0.4) is 0 Å². The van der Waals surface area contributed by atoms with E-state index in [0.29, 0.717) is 6.54 Å².